The quantitative estimate of drug-likeness (QED) is 0.651. The predicted molar refractivity (Wildman–Crippen MR) is 52.1 cm³/mol. The maximum absolute atomic E-state index is 11.4. The zero-order valence-corrected chi connectivity index (χ0v) is 8.75. The predicted octanol–water partition coefficient (Wildman–Crippen LogP) is -0.201. The number of hydrogen-bond donors (Lipinski definition) is 2. The highest BCUT2D eigenvalue weighted by Crippen LogP contribution is 2.04. The lowest BCUT2D eigenvalue weighted by atomic mass is 10.2. The minimum Gasteiger partial charge on any atom is -0.446 e. The number of aliphatic hydroxyl groups is 1. The van der Waals surface area contributed by atoms with Crippen LogP contribution in [0.4, 0.5) is 4.79 Å². The summed E-state index contributed by atoms with van der Waals surface area (Å²) in [4.78, 5) is 13.1. The van der Waals surface area contributed by atoms with Crippen molar-refractivity contribution in [2.75, 3.05) is 32.8 Å². The van der Waals surface area contributed by atoms with Crippen LogP contribution in [0.5, 0.6) is 0 Å². The molecular weight excluding hydrogens is 184 g/mol. The van der Waals surface area contributed by atoms with Crippen molar-refractivity contribution in [3.8, 4) is 0 Å². The van der Waals surface area contributed by atoms with Crippen LogP contribution in [-0.4, -0.2) is 54.5 Å². The largest absolute Gasteiger partial charge is 0.446 e. The second-order valence-electron chi connectivity index (χ2n) is 4.10. The number of carbonyl (C=O) groups excluding carboxylic acids is 1. The van der Waals surface area contributed by atoms with Crippen LogP contribution in [0.1, 0.15) is 13.8 Å². The Bertz CT molecular complexity index is 195. The molecule has 5 nitrogen and oxygen atoms in total. The van der Waals surface area contributed by atoms with Gasteiger partial charge < -0.3 is 20.1 Å². The van der Waals surface area contributed by atoms with Crippen LogP contribution < -0.4 is 5.32 Å². The van der Waals surface area contributed by atoms with E-state index in [-0.39, 0.29) is 12.7 Å². The minimum absolute atomic E-state index is 0.0375. The molecule has 82 valence electrons. The monoisotopic (exact) mass is 202 g/mol. The molecule has 1 fully saturated rings. The van der Waals surface area contributed by atoms with Crippen LogP contribution in [0.3, 0.4) is 0 Å². The van der Waals surface area contributed by atoms with Gasteiger partial charge in [0, 0.05) is 26.2 Å². The van der Waals surface area contributed by atoms with E-state index in [1.807, 2.05) is 0 Å². The Balaban J connectivity index is 2.27. The Hall–Kier alpha value is -0.810. The molecule has 1 amide bonds. The average Bonchev–Trinajstić information content (AvgIpc) is 2.14. The molecule has 1 aliphatic heterocycles. The zero-order chi connectivity index (χ0) is 10.6. The number of hydrogen-bond acceptors (Lipinski definition) is 4. The number of ether oxygens (including phenoxy) is 1. The second-order valence-corrected chi connectivity index (χ2v) is 4.10. The molecule has 0 aromatic rings. The summed E-state index contributed by atoms with van der Waals surface area (Å²) >= 11 is 0. The van der Waals surface area contributed by atoms with Gasteiger partial charge in [0.05, 0.1) is 5.60 Å². The Morgan fingerprint density at radius 3 is 2.57 bits per heavy atom. The Morgan fingerprint density at radius 1 is 1.50 bits per heavy atom. The molecule has 0 spiro atoms. The van der Waals surface area contributed by atoms with Crippen molar-refractivity contribution in [3.63, 3.8) is 0 Å². The van der Waals surface area contributed by atoms with E-state index in [4.69, 9.17) is 4.74 Å². The zero-order valence-electron chi connectivity index (χ0n) is 8.75. The van der Waals surface area contributed by atoms with E-state index >= 15 is 0 Å². The van der Waals surface area contributed by atoms with Gasteiger partial charge in [-0.3, -0.25) is 0 Å². The van der Waals surface area contributed by atoms with Gasteiger partial charge in [0.2, 0.25) is 0 Å². The van der Waals surface area contributed by atoms with Gasteiger partial charge in [-0.1, -0.05) is 0 Å². The maximum Gasteiger partial charge on any atom is 0.409 e. The molecule has 0 unspecified atom stereocenters. The molecule has 0 bridgehead atoms. The SMILES string of the molecule is CC(C)(O)COC(=O)N1CCNCC1. The molecule has 0 aromatic carbocycles. The highest BCUT2D eigenvalue weighted by atomic mass is 16.6. The van der Waals surface area contributed by atoms with Gasteiger partial charge in [-0.05, 0) is 13.8 Å². The molecule has 0 atom stereocenters. The van der Waals surface area contributed by atoms with Gasteiger partial charge in [-0.25, -0.2) is 4.79 Å². The van der Waals surface area contributed by atoms with Crippen molar-refractivity contribution in [3.05, 3.63) is 0 Å². The number of amides is 1. The Kier molecular flexibility index (Phi) is 3.71. The lowest BCUT2D eigenvalue weighted by Gasteiger charge is -2.27. The second kappa shape index (κ2) is 4.61. The standard InChI is InChI=1S/C9H18N2O3/c1-9(2,13)7-14-8(12)11-5-3-10-4-6-11/h10,13H,3-7H2,1-2H3. The molecule has 2 N–H and O–H groups in total. The van der Waals surface area contributed by atoms with E-state index in [0.29, 0.717) is 13.1 Å². The van der Waals surface area contributed by atoms with Crippen LogP contribution in [0.2, 0.25) is 0 Å². The van der Waals surface area contributed by atoms with Crippen molar-refractivity contribution in [1.82, 2.24) is 10.2 Å². The van der Waals surface area contributed by atoms with E-state index in [1.54, 1.807) is 18.7 Å². The third-order valence-corrected chi connectivity index (χ3v) is 1.92. The van der Waals surface area contributed by atoms with Crippen molar-refractivity contribution >= 4 is 6.09 Å². The third kappa shape index (κ3) is 3.93. The molecule has 1 saturated heterocycles. The number of nitrogens with zero attached hydrogens (tertiary/aromatic N) is 1. The first kappa shape index (κ1) is 11.3. The summed E-state index contributed by atoms with van der Waals surface area (Å²) in [7, 11) is 0. The maximum atomic E-state index is 11.4. The molecule has 1 aliphatic rings. The third-order valence-electron chi connectivity index (χ3n) is 1.92. The van der Waals surface area contributed by atoms with Gasteiger partial charge in [-0.15, -0.1) is 0 Å². The lowest BCUT2D eigenvalue weighted by molar-refractivity contribution is -0.00458. The van der Waals surface area contributed by atoms with Crippen LogP contribution in [0.15, 0.2) is 0 Å². The molecule has 5 heteroatoms. The fourth-order valence-electron chi connectivity index (χ4n) is 1.18. The molecule has 1 rings (SSSR count). The minimum atomic E-state index is -0.955. The smallest absolute Gasteiger partial charge is 0.409 e. The summed E-state index contributed by atoms with van der Waals surface area (Å²) in [5.74, 6) is 0. The average molecular weight is 202 g/mol. The van der Waals surface area contributed by atoms with E-state index in [2.05, 4.69) is 5.32 Å². The number of piperazine rings is 1. The van der Waals surface area contributed by atoms with E-state index < -0.39 is 5.60 Å². The fraction of sp³-hybridized carbons (Fsp3) is 0.889. The normalized spacial score (nSPS) is 18.1. The number of carbonyl (C=O) groups is 1. The van der Waals surface area contributed by atoms with E-state index in [0.717, 1.165) is 13.1 Å². The van der Waals surface area contributed by atoms with Gasteiger partial charge in [-0.2, -0.15) is 0 Å². The molecule has 0 radical (unpaired) electrons. The molecule has 0 aliphatic carbocycles. The summed E-state index contributed by atoms with van der Waals surface area (Å²) in [6.45, 7) is 6.20. The van der Waals surface area contributed by atoms with Crippen LogP contribution in [0, 0.1) is 0 Å². The topological polar surface area (TPSA) is 61.8 Å². The first-order valence-corrected chi connectivity index (χ1v) is 4.84. The van der Waals surface area contributed by atoms with Crippen LogP contribution in [-0.2, 0) is 4.74 Å². The molecule has 0 aromatic heterocycles. The van der Waals surface area contributed by atoms with Crippen molar-refractivity contribution in [2.45, 2.75) is 19.4 Å². The van der Waals surface area contributed by atoms with Gasteiger partial charge >= 0.3 is 6.09 Å². The van der Waals surface area contributed by atoms with Gasteiger partial charge in [0.25, 0.3) is 0 Å². The molecule has 1 heterocycles. The lowest BCUT2D eigenvalue weighted by Crippen LogP contribution is -2.47. The number of nitrogens with one attached hydrogen (secondary N) is 1. The Labute approximate surface area is 84.0 Å². The molecule has 14 heavy (non-hydrogen) atoms. The fourth-order valence-corrected chi connectivity index (χ4v) is 1.18. The van der Waals surface area contributed by atoms with E-state index in [1.165, 1.54) is 0 Å². The van der Waals surface area contributed by atoms with Gasteiger partial charge in [0.15, 0.2) is 0 Å². The molecular formula is C9H18N2O3. The molecule has 0 saturated carbocycles. The first-order chi connectivity index (χ1) is 6.49. The van der Waals surface area contributed by atoms with E-state index in [9.17, 15) is 9.90 Å². The highest BCUT2D eigenvalue weighted by Gasteiger charge is 2.21. The van der Waals surface area contributed by atoms with Crippen LogP contribution in [0.25, 0.3) is 0 Å². The summed E-state index contributed by atoms with van der Waals surface area (Å²) in [5.41, 5.74) is -0.955. The first-order valence-electron chi connectivity index (χ1n) is 4.84. The van der Waals surface area contributed by atoms with Crippen molar-refractivity contribution < 1.29 is 14.6 Å². The summed E-state index contributed by atoms with van der Waals surface area (Å²) in [5, 5.41) is 12.5. The van der Waals surface area contributed by atoms with Crippen molar-refractivity contribution in [2.24, 2.45) is 0 Å². The van der Waals surface area contributed by atoms with Crippen molar-refractivity contribution in [1.29, 1.82) is 0 Å². The summed E-state index contributed by atoms with van der Waals surface area (Å²) < 4.78 is 4.96. The Morgan fingerprint density at radius 2 is 2.07 bits per heavy atom. The van der Waals surface area contributed by atoms with Crippen LogP contribution >= 0.6 is 0 Å². The highest BCUT2D eigenvalue weighted by molar-refractivity contribution is 5.67. The van der Waals surface area contributed by atoms with Gasteiger partial charge in [0.1, 0.15) is 6.61 Å². The summed E-state index contributed by atoms with van der Waals surface area (Å²) in [6, 6.07) is 0. The summed E-state index contributed by atoms with van der Waals surface area (Å²) in [6.07, 6.45) is -0.339. The number of rotatable bonds is 2.